The van der Waals surface area contributed by atoms with Gasteiger partial charge >= 0.3 is 0 Å². The van der Waals surface area contributed by atoms with Crippen molar-refractivity contribution >= 4 is 38.5 Å². The van der Waals surface area contributed by atoms with Crippen LogP contribution in [0.2, 0.25) is 0 Å². The molecule has 0 bridgehead atoms. The van der Waals surface area contributed by atoms with Crippen molar-refractivity contribution in [3.05, 3.63) is 81.6 Å². The summed E-state index contributed by atoms with van der Waals surface area (Å²) in [4.78, 5) is 25.1. The maximum Gasteiger partial charge on any atom is 0.262 e. The minimum Gasteiger partial charge on any atom is -0.476 e. The van der Waals surface area contributed by atoms with Crippen LogP contribution in [-0.4, -0.2) is 12.5 Å². The average Bonchev–Trinajstić information content (AvgIpc) is 3.23. The lowest BCUT2D eigenvalue weighted by molar-refractivity contribution is -0.118. The zero-order chi connectivity index (χ0) is 19.5. The van der Waals surface area contributed by atoms with Gasteiger partial charge in [-0.25, -0.2) is 0 Å². The van der Waals surface area contributed by atoms with Gasteiger partial charge in [-0.05, 0) is 48.5 Å². The van der Waals surface area contributed by atoms with Gasteiger partial charge in [0.15, 0.2) is 12.4 Å². The number of benzene rings is 2. The molecule has 6 nitrogen and oxygen atoms in total. The van der Waals surface area contributed by atoms with Crippen LogP contribution in [-0.2, 0) is 4.79 Å². The van der Waals surface area contributed by atoms with Crippen LogP contribution in [0, 0.1) is 0 Å². The summed E-state index contributed by atoms with van der Waals surface area (Å²) in [5.41, 5.74) is 0.656. The van der Waals surface area contributed by atoms with Crippen LogP contribution in [0.15, 0.2) is 85.0 Å². The van der Waals surface area contributed by atoms with Crippen molar-refractivity contribution in [2.45, 2.75) is 0 Å². The number of fused-ring (bicyclic) bond motifs is 1. The van der Waals surface area contributed by atoms with Crippen LogP contribution >= 0.6 is 15.9 Å². The molecule has 0 fully saturated rings. The second-order valence-corrected chi connectivity index (χ2v) is 6.82. The van der Waals surface area contributed by atoms with E-state index < -0.39 is 5.91 Å². The molecule has 0 atom stereocenters. The number of furan rings is 1. The first-order chi connectivity index (χ1) is 13.6. The predicted octanol–water partition coefficient (Wildman–Crippen LogP) is 4.83. The normalized spacial score (nSPS) is 10.8. The van der Waals surface area contributed by atoms with Gasteiger partial charge < -0.3 is 18.9 Å². The molecule has 1 amide bonds. The van der Waals surface area contributed by atoms with E-state index in [2.05, 4.69) is 21.2 Å². The summed E-state index contributed by atoms with van der Waals surface area (Å²) in [6.45, 7) is -0.354. The third-order valence-electron chi connectivity index (χ3n) is 3.98. The molecule has 4 aromatic rings. The maximum absolute atomic E-state index is 12.9. The van der Waals surface area contributed by atoms with E-state index in [1.54, 1.807) is 48.5 Å². The average molecular weight is 440 g/mol. The van der Waals surface area contributed by atoms with E-state index in [-0.39, 0.29) is 23.5 Å². The molecule has 140 valence electrons. The lowest BCUT2D eigenvalue weighted by Gasteiger charge is -2.10. The number of nitrogens with one attached hydrogen (secondary N) is 1. The van der Waals surface area contributed by atoms with E-state index >= 15 is 0 Å². The van der Waals surface area contributed by atoms with Crippen molar-refractivity contribution < 1.29 is 18.4 Å². The van der Waals surface area contributed by atoms with Gasteiger partial charge in [0.25, 0.3) is 5.91 Å². The Balaban J connectivity index is 1.63. The molecule has 4 rings (SSSR count). The van der Waals surface area contributed by atoms with Crippen LogP contribution in [0.4, 0.5) is 5.69 Å². The lowest BCUT2D eigenvalue weighted by Crippen LogP contribution is -2.22. The molecule has 1 N–H and O–H groups in total. The molecule has 28 heavy (non-hydrogen) atoms. The third-order valence-corrected chi connectivity index (χ3v) is 4.51. The monoisotopic (exact) mass is 439 g/mol. The van der Waals surface area contributed by atoms with Crippen LogP contribution in [0.5, 0.6) is 5.75 Å². The Labute approximate surface area is 167 Å². The van der Waals surface area contributed by atoms with Gasteiger partial charge in [-0.2, -0.15) is 0 Å². The molecule has 0 aliphatic carbocycles. The van der Waals surface area contributed by atoms with E-state index in [1.165, 1.54) is 6.26 Å². The number of halogens is 1. The lowest BCUT2D eigenvalue weighted by atomic mass is 10.2. The van der Waals surface area contributed by atoms with Gasteiger partial charge in [0.1, 0.15) is 5.58 Å². The highest BCUT2D eigenvalue weighted by Gasteiger charge is 2.20. The number of amides is 1. The number of rotatable bonds is 5. The fourth-order valence-corrected chi connectivity index (χ4v) is 2.96. The minimum absolute atomic E-state index is 0.0698. The smallest absolute Gasteiger partial charge is 0.262 e. The molecule has 0 aliphatic heterocycles. The molecule has 0 saturated carbocycles. The van der Waals surface area contributed by atoms with Crippen molar-refractivity contribution in [3.63, 3.8) is 0 Å². The SMILES string of the molecule is O=C(COc1c(-c2ccco2)oc2ccccc2c1=O)Nc1ccc(Br)cc1. The van der Waals surface area contributed by atoms with Crippen molar-refractivity contribution in [1.29, 1.82) is 0 Å². The number of hydrogen-bond donors (Lipinski definition) is 1. The Morgan fingerprint density at radius 1 is 1.04 bits per heavy atom. The quantitative estimate of drug-likeness (QED) is 0.481. The summed E-state index contributed by atoms with van der Waals surface area (Å²) in [5, 5.41) is 3.07. The first-order valence-electron chi connectivity index (χ1n) is 8.40. The summed E-state index contributed by atoms with van der Waals surface area (Å²) in [5.74, 6) is 0.0104. The fraction of sp³-hybridized carbons (Fsp3) is 0.0476. The van der Waals surface area contributed by atoms with E-state index in [4.69, 9.17) is 13.6 Å². The first-order valence-corrected chi connectivity index (χ1v) is 9.19. The summed E-state index contributed by atoms with van der Waals surface area (Å²) in [6.07, 6.45) is 1.47. The number of para-hydroxylation sites is 1. The van der Waals surface area contributed by atoms with Gasteiger partial charge in [-0.15, -0.1) is 0 Å². The molecule has 0 spiro atoms. The Bertz CT molecular complexity index is 1180. The highest BCUT2D eigenvalue weighted by atomic mass is 79.9. The molecular formula is C21H14BrNO5. The van der Waals surface area contributed by atoms with Crippen LogP contribution < -0.4 is 15.5 Å². The van der Waals surface area contributed by atoms with Crippen molar-refractivity contribution in [2.75, 3.05) is 11.9 Å². The summed E-state index contributed by atoms with van der Waals surface area (Å²) in [6, 6.07) is 17.3. The van der Waals surface area contributed by atoms with Gasteiger partial charge in [0.05, 0.1) is 11.6 Å². The van der Waals surface area contributed by atoms with Crippen molar-refractivity contribution in [2.24, 2.45) is 0 Å². The fourth-order valence-electron chi connectivity index (χ4n) is 2.69. The highest BCUT2D eigenvalue weighted by Crippen LogP contribution is 2.31. The molecule has 0 aliphatic rings. The van der Waals surface area contributed by atoms with E-state index in [9.17, 15) is 9.59 Å². The molecule has 0 radical (unpaired) electrons. The molecule has 2 aromatic carbocycles. The molecule has 0 saturated heterocycles. The minimum atomic E-state index is -0.403. The van der Waals surface area contributed by atoms with E-state index in [1.807, 2.05) is 12.1 Å². The van der Waals surface area contributed by atoms with Crippen molar-refractivity contribution in [3.8, 4) is 17.3 Å². The van der Waals surface area contributed by atoms with Crippen molar-refractivity contribution in [1.82, 2.24) is 0 Å². The van der Waals surface area contributed by atoms with Crippen LogP contribution in [0.3, 0.4) is 0 Å². The number of anilines is 1. The van der Waals surface area contributed by atoms with Crippen LogP contribution in [0.25, 0.3) is 22.5 Å². The Morgan fingerprint density at radius 3 is 2.57 bits per heavy atom. The predicted molar refractivity (Wildman–Crippen MR) is 108 cm³/mol. The van der Waals surface area contributed by atoms with Gasteiger partial charge in [-0.3, -0.25) is 9.59 Å². The Hall–Kier alpha value is -3.32. The van der Waals surface area contributed by atoms with Gasteiger partial charge in [-0.1, -0.05) is 28.1 Å². The van der Waals surface area contributed by atoms with Gasteiger partial charge in [0, 0.05) is 10.2 Å². The second kappa shape index (κ2) is 7.74. The third kappa shape index (κ3) is 3.70. The van der Waals surface area contributed by atoms with E-state index in [0.29, 0.717) is 22.4 Å². The number of carbonyl (C=O) groups excluding carboxylic acids is 1. The standard InChI is InChI=1S/C21H14BrNO5/c22-13-7-9-14(10-8-13)23-18(24)12-27-21-19(25)15-4-1-2-5-16(15)28-20(21)17-6-3-11-26-17/h1-11H,12H2,(H,23,24). The molecule has 0 unspecified atom stereocenters. The summed E-state index contributed by atoms with van der Waals surface area (Å²) >= 11 is 3.34. The van der Waals surface area contributed by atoms with Gasteiger partial charge in [0.2, 0.25) is 16.9 Å². The zero-order valence-electron chi connectivity index (χ0n) is 14.5. The highest BCUT2D eigenvalue weighted by molar-refractivity contribution is 9.10. The Kier molecular flexibility index (Phi) is 4.99. The number of carbonyl (C=O) groups is 1. The summed E-state index contributed by atoms with van der Waals surface area (Å²) in [7, 11) is 0. The molecule has 2 aromatic heterocycles. The molecule has 7 heteroatoms. The maximum atomic E-state index is 12.9. The number of ether oxygens (including phenoxy) is 1. The molecular weight excluding hydrogens is 426 g/mol. The van der Waals surface area contributed by atoms with Crippen LogP contribution in [0.1, 0.15) is 0 Å². The Morgan fingerprint density at radius 2 is 1.82 bits per heavy atom. The second-order valence-electron chi connectivity index (χ2n) is 5.91. The topological polar surface area (TPSA) is 81.7 Å². The largest absolute Gasteiger partial charge is 0.476 e. The summed E-state index contributed by atoms with van der Waals surface area (Å²) < 4.78 is 17.7. The van der Waals surface area contributed by atoms with E-state index in [0.717, 1.165) is 4.47 Å². The zero-order valence-corrected chi connectivity index (χ0v) is 16.1. The first kappa shape index (κ1) is 18.1. The number of hydrogen-bond acceptors (Lipinski definition) is 5. The molecule has 2 heterocycles.